The van der Waals surface area contributed by atoms with E-state index in [1.807, 2.05) is 6.07 Å². The Morgan fingerprint density at radius 2 is 1.83 bits per heavy atom. The quantitative estimate of drug-likeness (QED) is 0.487. The molecule has 4 N–H and O–H groups in total. The zero-order valence-corrected chi connectivity index (χ0v) is 15.2. The van der Waals surface area contributed by atoms with Crippen molar-refractivity contribution in [2.75, 3.05) is 5.32 Å². The van der Waals surface area contributed by atoms with Crippen LogP contribution in [0, 0.1) is 25.7 Å². The molecule has 124 valence electrons. The van der Waals surface area contributed by atoms with Gasteiger partial charge in [0, 0.05) is 11.7 Å². The molecule has 2 aliphatic rings. The lowest BCUT2D eigenvalue weighted by Gasteiger charge is -2.25. The van der Waals surface area contributed by atoms with E-state index in [0.29, 0.717) is 16.3 Å². The van der Waals surface area contributed by atoms with Gasteiger partial charge in [-0.2, -0.15) is 0 Å². The molecule has 0 unspecified atom stereocenters. The van der Waals surface area contributed by atoms with E-state index in [4.69, 9.17) is 24.4 Å². The Kier molecular flexibility index (Phi) is 5.02. The van der Waals surface area contributed by atoms with Gasteiger partial charge >= 0.3 is 0 Å². The van der Waals surface area contributed by atoms with Crippen molar-refractivity contribution >= 4 is 40.3 Å². The molecular weight excluding hydrogens is 324 g/mol. The largest absolute Gasteiger partial charge is 0.358 e. The highest BCUT2D eigenvalue weighted by molar-refractivity contribution is 7.80. The zero-order valence-electron chi connectivity index (χ0n) is 13.6. The predicted octanol–water partition coefficient (Wildman–Crippen LogP) is 3.16. The SMILES string of the molecule is Cc1ccc(NC(=S)NNC(=S)N[C@@H]2C[C@H]3CC[C@H]2C3)c(C)c1. The van der Waals surface area contributed by atoms with E-state index < -0.39 is 0 Å². The maximum absolute atomic E-state index is 5.36. The average molecular weight is 349 g/mol. The van der Waals surface area contributed by atoms with Crippen LogP contribution in [0.3, 0.4) is 0 Å². The summed E-state index contributed by atoms with van der Waals surface area (Å²) in [6.45, 7) is 4.14. The monoisotopic (exact) mass is 348 g/mol. The molecule has 4 nitrogen and oxygen atoms in total. The standard InChI is InChI=1S/C17H24N4S2/c1-10-3-6-14(11(2)7-10)18-16(22)20-21-17(23)19-15-9-12-4-5-13(15)8-12/h3,6-7,12-13,15H,4-5,8-9H2,1-2H3,(H2,18,20,22)(H2,19,21,23)/t12-,13-,15+/m0/s1. The molecule has 2 fully saturated rings. The van der Waals surface area contributed by atoms with Gasteiger partial charge in [0.1, 0.15) is 0 Å². The second-order valence-corrected chi connectivity index (χ2v) is 7.59. The van der Waals surface area contributed by atoms with Crippen LogP contribution in [0.25, 0.3) is 0 Å². The van der Waals surface area contributed by atoms with Crippen molar-refractivity contribution < 1.29 is 0 Å². The minimum Gasteiger partial charge on any atom is -0.358 e. The fourth-order valence-corrected chi connectivity index (χ4v) is 4.21. The summed E-state index contributed by atoms with van der Waals surface area (Å²) < 4.78 is 0. The number of hydrogen-bond donors (Lipinski definition) is 4. The number of anilines is 1. The van der Waals surface area contributed by atoms with Crippen LogP contribution < -0.4 is 21.5 Å². The third-order valence-electron chi connectivity index (χ3n) is 4.97. The van der Waals surface area contributed by atoms with Crippen LogP contribution in [0.15, 0.2) is 18.2 Å². The fraction of sp³-hybridized carbons (Fsp3) is 0.529. The fourth-order valence-electron chi connectivity index (χ4n) is 3.85. The molecule has 1 aromatic rings. The highest BCUT2D eigenvalue weighted by Crippen LogP contribution is 2.44. The number of benzene rings is 1. The summed E-state index contributed by atoms with van der Waals surface area (Å²) in [4.78, 5) is 0. The summed E-state index contributed by atoms with van der Waals surface area (Å²) in [6.07, 6.45) is 5.34. The Balaban J connectivity index is 1.42. The maximum atomic E-state index is 5.36. The van der Waals surface area contributed by atoms with Gasteiger partial charge in [0.25, 0.3) is 0 Å². The molecule has 0 aromatic heterocycles. The van der Waals surface area contributed by atoms with Crippen molar-refractivity contribution in [2.45, 2.75) is 45.6 Å². The van der Waals surface area contributed by atoms with Crippen molar-refractivity contribution in [1.29, 1.82) is 0 Å². The summed E-state index contributed by atoms with van der Waals surface area (Å²) in [7, 11) is 0. The summed E-state index contributed by atoms with van der Waals surface area (Å²) in [5.74, 6) is 1.69. The van der Waals surface area contributed by atoms with Gasteiger partial charge in [-0.25, -0.2) is 0 Å². The molecule has 2 saturated carbocycles. The first kappa shape index (κ1) is 16.5. The maximum Gasteiger partial charge on any atom is 0.189 e. The molecule has 3 atom stereocenters. The topological polar surface area (TPSA) is 48.1 Å². The molecule has 0 spiro atoms. The molecule has 0 heterocycles. The van der Waals surface area contributed by atoms with Gasteiger partial charge in [0.05, 0.1) is 0 Å². The summed E-state index contributed by atoms with van der Waals surface area (Å²) in [5, 5.41) is 7.73. The molecule has 0 aliphatic heterocycles. The van der Waals surface area contributed by atoms with Crippen molar-refractivity contribution in [3.05, 3.63) is 29.3 Å². The number of rotatable bonds is 2. The Bertz CT molecular complexity index is 617. The van der Waals surface area contributed by atoms with Crippen LogP contribution in [0.4, 0.5) is 5.69 Å². The van der Waals surface area contributed by atoms with Crippen LogP contribution in [0.1, 0.15) is 36.8 Å². The molecule has 6 heteroatoms. The zero-order chi connectivity index (χ0) is 16.4. The van der Waals surface area contributed by atoms with Crippen molar-refractivity contribution in [3.63, 3.8) is 0 Å². The summed E-state index contributed by atoms with van der Waals surface area (Å²) in [5.41, 5.74) is 9.35. The highest BCUT2D eigenvalue weighted by Gasteiger charge is 2.39. The Morgan fingerprint density at radius 3 is 2.48 bits per heavy atom. The van der Waals surface area contributed by atoms with Gasteiger partial charge in [-0.3, -0.25) is 10.9 Å². The Morgan fingerprint density at radius 1 is 1.04 bits per heavy atom. The van der Waals surface area contributed by atoms with Crippen LogP contribution in [-0.2, 0) is 0 Å². The molecule has 0 saturated heterocycles. The third kappa shape index (κ3) is 4.12. The minimum atomic E-state index is 0.508. The van der Waals surface area contributed by atoms with Crippen LogP contribution in [0.2, 0.25) is 0 Å². The molecule has 23 heavy (non-hydrogen) atoms. The van der Waals surface area contributed by atoms with E-state index >= 15 is 0 Å². The summed E-state index contributed by atoms with van der Waals surface area (Å²) >= 11 is 10.7. The number of fused-ring (bicyclic) bond motifs is 2. The number of thiocarbonyl (C=S) groups is 2. The van der Waals surface area contributed by atoms with E-state index in [1.165, 1.54) is 31.2 Å². The molecular formula is C17H24N4S2. The molecule has 3 rings (SSSR count). The van der Waals surface area contributed by atoms with Crippen LogP contribution in [0.5, 0.6) is 0 Å². The minimum absolute atomic E-state index is 0.508. The first-order chi connectivity index (χ1) is 11.0. The number of hydrazine groups is 1. The predicted molar refractivity (Wildman–Crippen MR) is 103 cm³/mol. The third-order valence-corrected chi connectivity index (χ3v) is 5.40. The first-order valence-corrected chi connectivity index (χ1v) is 9.03. The van der Waals surface area contributed by atoms with Gasteiger partial charge in [-0.1, -0.05) is 24.1 Å². The smallest absolute Gasteiger partial charge is 0.189 e. The van der Waals surface area contributed by atoms with Crippen LogP contribution >= 0.6 is 24.4 Å². The van der Waals surface area contributed by atoms with Gasteiger partial charge in [0.2, 0.25) is 0 Å². The van der Waals surface area contributed by atoms with Gasteiger partial charge in [0.15, 0.2) is 10.2 Å². The Labute approximate surface area is 148 Å². The highest BCUT2D eigenvalue weighted by atomic mass is 32.1. The average Bonchev–Trinajstić information content (AvgIpc) is 3.11. The Hall–Kier alpha value is -1.40. The lowest BCUT2D eigenvalue weighted by Crippen LogP contribution is -2.51. The molecule has 2 aliphatic carbocycles. The van der Waals surface area contributed by atoms with Crippen molar-refractivity contribution in [1.82, 2.24) is 16.2 Å². The number of nitrogens with one attached hydrogen (secondary N) is 4. The first-order valence-electron chi connectivity index (χ1n) is 8.22. The molecule has 2 bridgehead atoms. The van der Waals surface area contributed by atoms with Crippen molar-refractivity contribution in [2.24, 2.45) is 11.8 Å². The van der Waals surface area contributed by atoms with E-state index in [-0.39, 0.29) is 0 Å². The molecule has 0 radical (unpaired) electrons. The molecule has 0 amide bonds. The van der Waals surface area contributed by atoms with Crippen LogP contribution in [-0.4, -0.2) is 16.3 Å². The lowest BCUT2D eigenvalue weighted by molar-refractivity contribution is 0.389. The normalized spacial score (nSPS) is 25.0. The van der Waals surface area contributed by atoms with Gasteiger partial charge in [-0.05, 0) is 81.0 Å². The van der Waals surface area contributed by atoms with E-state index in [0.717, 1.165) is 23.1 Å². The van der Waals surface area contributed by atoms with E-state index in [2.05, 4.69) is 47.5 Å². The van der Waals surface area contributed by atoms with Gasteiger partial charge < -0.3 is 10.6 Å². The number of hydrogen-bond acceptors (Lipinski definition) is 2. The summed E-state index contributed by atoms with van der Waals surface area (Å²) in [6, 6.07) is 6.74. The van der Waals surface area contributed by atoms with E-state index in [9.17, 15) is 0 Å². The molecule has 1 aromatic carbocycles. The second-order valence-electron chi connectivity index (χ2n) is 6.78. The number of aryl methyl sites for hydroxylation is 2. The van der Waals surface area contributed by atoms with E-state index in [1.54, 1.807) is 0 Å². The lowest BCUT2D eigenvalue weighted by atomic mass is 9.96. The van der Waals surface area contributed by atoms with Crippen molar-refractivity contribution in [3.8, 4) is 0 Å². The van der Waals surface area contributed by atoms with Gasteiger partial charge in [-0.15, -0.1) is 0 Å². The second kappa shape index (κ2) is 7.01.